The van der Waals surface area contributed by atoms with E-state index in [1.54, 1.807) is 19.1 Å². The van der Waals surface area contributed by atoms with Gasteiger partial charge in [0.25, 0.3) is 0 Å². The Hall–Kier alpha value is -2.55. The lowest BCUT2D eigenvalue weighted by Crippen LogP contribution is -2.03. The zero-order valence-electron chi connectivity index (χ0n) is 13.3. The quantitative estimate of drug-likeness (QED) is 0.678. The lowest BCUT2D eigenvalue weighted by atomic mass is 9.99. The van der Waals surface area contributed by atoms with Crippen molar-refractivity contribution in [3.63, 3.8) is 0 Å². The van der Waals surface area contributed by atoms with Crippen LogP contribution in [0.1, 0.15) is 32.6 Å². The number of carbonyl (C=O) groups is 1. The third-order valence-corrected chi connectivity index (χ3v) is 3.68. The maximum Gasteiger partial charge on any atom is 0.193 e. The first-order valence-corrected chi connectivity index (χ1v) is 7.11. The molecule has 0 unspecified atom stereocenters. The van der Waals surface area contributed by atoms with Crippen molar-refractivity contribution < 1.29 is 14.6 Å². The van der Waals surface area contributed by atoms with E-state index in [2.05, 4.69) is 0 Å². The van der Waals surface area contributed by atoms with Gasteiger partial charge in [-0.25, -0.2) is 0 Å². The van der Waals surface area contributed by atoms with E-state index in [0.29, 0.717) is 11.3 Å². The first-order valence-electron chi connectivity index (χ1n) is 7.11. The first kappa shape index (κ1) is 15.8. The van der Waals surface area contributed by atoms with Crippen LogP contribution in [0.15, 0.2) is 36.4 Å². The Bertz CT molecular complexity index is 743. The maximum absolute atomic E-state index is 12.5. The van der Waals surface area contributed by atoms with Crippen LogP contribution in [0.5, 0.6) is 11.5 Å². The molecule has 0 spiro atoms. The van der Waals surface area contributed by atoms with Gasteiger partial charge in [-0.15, -0.1) is 0 Å². The van der Waals surface area contributed by atoms with E-state index in [0.717, 1.165) is 16.7 Å². The number of methoxy groups -OCH3 is 1. The number of aryl methyl sites for hydroxylation is 3. The molecular weight excluding hydrogens is 276 g/mol. The van der Waals surface area contributed by atoms with Gasteiger partial charge in [0.15, 0.2) is 5.78 Å². The Balaban J connectivity index is 2.44. The number of phenols is 1. The minimum Gasteiger partial charge on any atom is -0.507 e. The van der Waals surface area contributed by atoms with E-state index >= 15 is 0 Å². The zero-order valence-corrected chi connectivity index (χ0v) is 13.3. The molecule has 0 aliphatic rings. The van der Waals surface area contributed by atoms with E-state index in [-0.39, 0.29) is 17.1 Å². The predicted molar refractivity (Wildman–Crippen MR) is 88.7 cm³/mol. The molecule has 0 heterocycles. The number of hydrogen-bond donors (Lipinski definition) is 1. The lowest BCUT2D eigenvalue weighted by molar-refractivity contribution is 0.104. The Morgan fingerprint density at radius 3 is 2.41 bits per heavy atom. The molecule has 2 aromatic carbocycles. The second-order valence-electron chi connectivity index (χ2n) is 5.32. The number of allylic oxidation sites excluding steroid dienone is 1. The number of carbonyl (C=O) groups excluding carboxylic acids is 1. The van der Waals surface area contributed by atoms with Crippen molar-refractivity contribution in [1.29, 1.82) is 0 Å². The summed E-state index contributed by atoms with van der Waals surface area (Å²) in [6.45, 7) is 5.61. The number of ketones is 1. The van der Waals surface area contributed by atoms with Crippen molar-refractivity contribution in [3.05, 3.63) is 64.2 Å². The molecule has 0 saturated carbocycles. The summed E-state index contributed by atoms with van der Waals surface area (Å²) >= 11 is 0. The number of rotatable bonds is 4. The van der Waals surface area contributed by atoms with Gasteiger partial charge in [-0.05, 0) is 55.2 Å². The first-order chi connectivity index (χ1) is 10.5. The van der Waals surface area contributed by atoms with Gasteiger partial charge in [-0.2, -0.15) is 0 Å². The monoisotopic (exact) mass is 296 g/mol. The third kappa shape index (κ3) is 3.03. The van der Waals surface area contributed by atoms with E-state index in [4.69, 9.17) is 4.74 Å². The topological polar surface area (TPSA) is 46.5 Å². The summed E-state index contributed by atoms with van der Waals surface area (Å²) in [7, 11) is 1.50. The van der Waals surface area contributed by atoms with Crippen molar-refractivity contribution in [3.8, 4) is 11.5 Å². The van der Waals surface area contributed by atoms with Crippen LogP contribution in [0.25, 0.3) is 6.08 Å². The van der Waals surface area contributed by atoms with Gasteiger partial charge in [0.1, 0.15) is 17.1 Å². The minimum atomic E-state index is -0.274. The highest BCUT2D eigenvalue weighted by Gasteiger charge is 2.19. The number of phenolic OH excluding ortho intramolecular Hbond substituents is 1. The van der Waals surface area contributed by atoms with Gasteiger partial charge < -0.3 is 9.84 Å². The van der Waals surface area contributed by atoms with Crippen LogP contribution in [0.2, 0.25) is 0 Å². The molecule has 0 aromatic heterocycles. The van der Waals surface area contributed by atoms with Crippen LogP contribution in [-0.4, -0.2) is 18.0 Å². The van der Waals surface area contributed by atoms with Crippen molar-refractivity contribution in [2.45, 2.75) is 20.8 Å². The zero-order chi connectivity index (χ0) is 16.3. The van der Waals surface area contributed by atoms with Gasteiger partial charge in [-0.3, -0.25) is 4.79 Å². The molecule has 0 aliphatic heterocycles. The molecule has 2 rings (SSSR count). The van der Waals surface area contributed by atoms with Crippen molar-refractivity contribution in [2.75, 3.05) is 7.11 Å². The van der Waals surface area contributed by atoms with Crippen LogP contribution >= 0.6 is 0 Å². The van der Waals surface area contributed by atoms with Crippen LogP contribution in [0.3, 0.4) is 0 Å². The molecule has 22 heavy (non-hydrogen) atoms. The Kier molecular flexibility index (Phi) is 4.66. The van der Waals surface area contributed by atoms with Crippen LogP contribution in [0, 0.1) is 20.8 Å². The molecule has 3 nitrogen and oxygen atoms in total. The molecule has 0 radical (unpaired) electrons. The average molecular weight is 296 g/mol. The Morgan fingerprint density at radius 1 is 1.09 bits per heavy atom. The molecular formula is C19H20O3. The molecule has 3 heteroatoms. The van der Waals surface area contributed by atoms with Crippen LogP contribution in [-0.2, 0) is 0 Å². The molecule has 1 N–H and O–H groups in total. The summed E-state index contributed by atoms with van der Waals surface area (Å²) in [5, 5.41) is 10.2. The summed E-state index contributed by atoms with van der Waals surface area (Å²) in [6.07, 6.45) is 3.23. The molecule has 0 aliphatic carbocycles. The molecule has 114 valence electrons. The molecule has 0 atom stereocenters. The molecule has 2 aromatic rings. The van der Waals surface area contributed by atoms with E-state index in [9.17, 15) is 9.90 Å². The minimum absolute atomic E-state index is 0.0260. The largest absolute Gasteiger partial charge is 0.507 e. The van der Waals surface area contributed by atoms with Gasteiger partial charge in [0, 0.05) is 0 Å². The fourth-order valence-corrected chi connectivity index (χ4v) is 2.47. The van der Waals surface area contributed by atoms with Gasteiger partial charge >= 0.3 is 0 Å². The number of hydrogen-bond acceptors (Lipinski definition) is 3. The van der Waals surface area contributed by atoms with Crippen LogP contribution in [0.4, 0.5) is 0 Å². The van der Waals surface area contributed by atoms with Crippen LogP contribution < -0.4 is 4.74 Å². The highest BCUT2D eigenvalue weighted by molar-refractivity contribution is 6.11. The highest BCUT2D eigenvalue weighted by atomic mass is 16.5. The lowest BCUT2D eigenvalue weighted by Gasteiger charge is -2.13. The normalized spacial score (nSPS) is 10.9. The maximum atomic E-state index is 12.5. The SMILES string of the molecule is COc1c(C)cc(C)c(O)c1C(=O)/C=C/c1ccccc1C. The van der Waals surface area contributed by atoms with Gasteiger partial charge in [0.2, 0.25) is 0 Å². The van der Waals surface area contributed by atoms with Crippen molar-refractivity contribution in [1.82, 2.24) is 0 Å². The number of benzene rings is 2. The van der Waals surface area contributed by atoms with Gasteiger partial charge in [-0.1, -0.05) is 30.3 Å². The average Bonchev–Trinajstić information content (AvgIpc) is 2.49. The van der Waals surface area contributed by atoms with E-state index < -0.39 is 0 Å². The summed E-state index contributed by atoms with van der Waals surface area (Å²) in [4.78, 5) is 12.5. The third-order valence-electron chi connectivity index (χ3n) is 3.68. The molecule has 0 amide bonds. The molecule has 0 bridgehead atoms. The second kappa shape index (κ2) is 6.48. The van der Waals surface area contributed by atoms with E-state index in [1.807, 2.05) is 38.1 Å². The predicted octanol–water partition coefficient (Wildman–Crippen LogP) is 4.22. The Morgan fingerprint density at radius 2 is 1.77 bits per heavy atom. The number of aromatic hydroxyl groups is 1. The molecule has 0 fully saturated rings. The fourth-order valence-electron chi connectivity index (χ4n) is 2.47. The smallest absolute Gasteiger partial charge is 0.193 e. The van der Waals surface area contributed by atoms with Gasteiger partial charge in [0.05, 0.1) is 7.11 Å². The fraction of sp³-hybridized carbons (Fsp3) is 0.211. The van der Waals surface area contributed by atoms with Crippen molar-refractivity contribution in [2.24, 2.45) is 0 Å². The Labute approximate surface area is 130 Å². The summed E-state index contributed by atoms with van der Waals surface area (Å²) in [5.41, 5.74) is 3.75. The number of ether oxygens (including phenoxy) is 1. The second-order valence-corrected chi connectivity index (χ2v) is 5.32. The van der Waals surface area contributed by atoms with E-state index in [1.165, 1.54) is 13.2 Å². The summed E-state index contributed by atoms with van der Waals surface area (Å²) in [6, 6.07) is 9.60. The molecule has 0 saturated heterocycles. The highest BCUT2D eigenvalue weighted by Crippen LogP contribution is 2.34. The summed E-state index contributed by atoms with van der Waals surface area (Å²) < 4.78 is 5.29. The summed E-state index contributed by atoms with van der Waals surface area (Å²) in [5.74, 6) is 0.119. The van der Waals surface area contributed by atoms with Crippen molar-refractivity contribution >= 4 is 11.9 Å². The standard InChI is InChI=1S/C19H20O3/c1-12-7-5-6-8-15(12)9-10-16(20)17-18(21)13(2)11-14(3)19(17)22-4/h5-11,21H,1-4H3/b10-9+.